The summed E-state index contributed by atoms with van der Waals surface area (Å²) in [5, 5.41) is 12.7. The highest BCUT2D eigenvalue weighted by Crippen LogP contribution is 2.26. The van der Waals surface area contributed by atoms with Crippen LogP contribution in [-0.4, -0.2) is 11.4 Å². The molecule has 0 radical (unpaired) electrons. The Morgan fingerprint density at radius 1 is 1.06 bits per heavy atom. The minimum atomic E-state index is 0.0634. The lowest BCUT2D eigenvalue weighted by molar-refractivity contribution is 0.112. The first kappa shape index (κ1) is 10.2. The van der Waals surface area contributed by atoms with E-state index in [0.717, 1.165) is 5.69 Å². The highest BCUT2D eigenvalue weighted by Gasteiger charge is 2.02. The Balaban J connectivity index is 2.25. The van der Waals surface area contributed by atoms with Gasteiger partial charge in [0.05, 0.1) is 5.69 Å². The van der Waals surface area contributed by atoms with Crippen LogP contribution in [0, 0.1) is 0 Å². The standard InChI is InChI=1S/C13H11NO2/c15-9-10-6-7-12(13(16)8-10)14-11-4-2-1-3-5-11/h1-9,14,16H. The number of phenols is 1. The van der Waals surface area contributed by atoms with Gasteiger partial charge in [0.15, 0.2) is 0 Å². The van der Waals surface area contributed by atoms with Crippen LogP contribution in [0.5, 0.6) is 5.75 Å². The lowest BCUT2D eigenvalue weighted by atomic mass is 10.2. The van der Waals surface area contributed by atoms with Crippen molar-refractivity contribution in [3.05, 3.63) is 54.1 Å². The van der Waals surface area contributed by atoms with E-state index in [9.17, 15) is 9.90 Å². The Morgan fingerprint density at radius 3 is 2.44 bits per heavy atom. The predicted molar refractivity (Wildman–Crippen MR) is 63.2 cm³/mol. The monoisotopic (exact) mass is 213 g/mol. The van der Waals surface area contributed by atoms with E-state index in [1.165, 1.54) is 6.07 Å². The number of nitrogens with one attached hydrogen (secondary N) is 1. The number of para-hydroxylation sites is 1. The minimum Gasteiger partial charge on any atom is -0.506 e. The summed E-state index contributed by atoms with van der Waals surface area (Å²) < 4.78 is 0. The maximum atomic E-state index is 10.5. The number of aldehydes is 1. The number of carbonyl (C=O) groups is 1. The van der Waals surface area contributed by atoms with Crippen molar-refractivity contribution >= 4 is 17.7 Å². The number of phenolic OH excluding ortho intramolecular Hbond substituents is 1. The zero-order valence-corrected chi connectivity index (χ0v) is 8.55. The summed E-state index contributed by atoms with van der Waals surface area (Å²) in [6, 6.07) is 14.3. The summed E-state index contributed by atoms with van der Waals surface area (Å²) in [5.41, 5.74) is 1.92. The van der Waals surface area contributed by atoms with Crippen LogP contribution in [0.1, 0.15) is 10.4 Å². The van der Waals surface area contributed by atoms with Crippen molar-refractivity contribution in [2.45, 2.75) is 0 Å². The van der Waals surface area contributed by atoms with Crippen molar-refractivity contribution in [1.82, 2.24) is 0 Å². The van der Waals surface area contributed by atoms with E-state index in [2.05, 4.69) is 5.32 Å². The first-order valence-corrected chi connectivity index (χ1v) is 4.90. The maximum absolute atomic E-state index is 10.5. The third kappa shape index (κ3) is 2.20. The molecule has 0 aliphatic carbocycles. The fourth-order valence-electron chi connectivity index (χ4n) is 1.40. The molecule has 0 aromatic heterocycles. The summed E-state index contributed by atoms with van der Waals surface area (Å²) in [7, 11) is 0. The smallest absolute Gasteiger partial charge is 0.150 e. The molecule has 80 valence electrons. The van der Waals surface area contributed by atoms with Gasteiger partial charge in [0.2, 0.25) is 0 Å². The Hall–Kier alpha value is -2.29. The summed E-state index contributed by atoms with van der Waals surface area (Å²) in [5.74, 6) is 0.0634. The van der Waals surface area contributed by atoms with Gasteiger partial charge in [-0.3, -0.25) is 4.79 Å². The van der Waals surface area contributed by atoms with Gasteiger partial charge in [-0.15, -0.1) is 0 Å². The number of rotatable bonds is 3. The molecular weight excluding hydrogens is 202 g/mol. The van der Waals surface area contributed by atoms with Crippen molar-refractivity contribution in [2.24, 2.45) is 0 Å². The number of benzene rings is 2. The van der Waals surface area contributed by atoms with Crippen LogP contribution in [-0.2, 0) is 0 Å². The van der Waals surface area contributed by atoms with Gasteiger partial charge in [0, 0.05) is 11.3 Å². The molecule has 3 heteroatoms. The molecule has 0 atom stereocenters. The molecule has 0 heterocycles. The largest absolute Gasteiger partial charge is 0.506 e. The second kappa shape index (κ2) is 4.49. The number of anilines is 2. The number of aromatic hydroxyl groups is 1. The lowest BCUT2D eigenvalue weighted by Gasteiger charge is -2.08. The quantitative estimate of drug-likeness (QED) is 0.608. The maximum Gasteiger partial charge on any atom is 0.150 e. The molecule has 2 aromatic rings. The van der Waals surface area contributed by atoms with Gasteiger partial charge in [0.25, 0.3) is 0 Å². The molecule has 0 aliphatic heterocycles. The van der Waals surface area contributed by atoms with E-state index >= 15 is 0 Å². The molecule has 2 aromatic carbocycles. The van der Waals surface area contributed by atoms with Crippen LogP contribution in [0.2, 0.25) is 0 Å². The van der Waals surface area contributed by atoms with Gasteiger partial charge in [-0.25, -0.2) is 0 Å². The zero-order chi connectivity index (χ0) is 11.4. The second-order valence-electron chi connectivity index (χ2n) is 3.39. The molecule has 16 heavy (non-hydrogen) atoms. The Morgan fingerprint density at radius 2 is 1.81 bits per heavy atom. The van der Waals surface area contributed by atoms with Crippen molar-refractivity contribution in [2.75, 3.05) is 5.32 Å². The highest BCUT2D eigenvalue weighted by atomic mass is 16.3. The number of carbonyl (C=O) groups excluding carboxylic acids is 1. The van der Waals surface area contributed by atoms with Crippen LogP contribution in [0.15, 0.2) is 48.5 Å². The Kier molecular flexibility index (Phi) is 2.87. The van der Waals surface area contributed by atoms with E-state index in [4.69, 9.17) is 0 Å². The third-order valence-corrected chi connectivity index (χ3v) is 2.21. The van der Waals surface area contributed by atoms with Crippen molar-refractivity contribution in [3.8, 4) is 5.75 Å². The van der Waals surface area contributed by atoms with Gasteiger partial charge in [-0.2, -0.15) is 0 Å². The van der Waals surface area contributed by atoms with E-state index in [1.807, 2.05) is 30.3 Å². The Labute approximate surface area is 93.4 Å². The summed E-state index contributed by atoms with van der Waals surface area (Å²) >= 11 is 0. The number of hydrogen-bond acceptors (Lipinski definition) is 3. The van der Waals surface area contributed by atoms with Gasteiger partial charge in [0.1, 0.15) is 12.0 Å². The van der Waals surface area contributed by atoms with E-state index < -0.39 is 0 Å². The molecule has 0 amide bonds. The normalized spacial score (nSPS) is 9.75. The third-order valence-electron chi connectivity index (χ3n) is 2.21. The fourth-order valence-corrected chi connectivity index (χ4v) is 1.40. The van der Waals surface area contributed by atoms with E-state index in [-0.39, 0.29) is 5.75 Å². The molecule has 0 saturated heterocycles. The summed E-state index contributed by atoms with van der Waals surface area (Å²) in [4.78, 5) is 10.5. The van der Waals surface area contributed by atoms with Gasteiger partial charge in [-0.05, 0) is 30.3 Å². The molecule has 2 N–H and O–H groups in total. The van der Waals surface area contributed by atoms with Crippen LogP contribution in [0.3, 0.4) is 0 Å². The fraction of sp³-hybridized carbons (Fsp3) is 0. The summed E-state index contributed by atoms with van der Waals surface area (Å²) in [6.07, 6.45) is 0.700. The molecule has 0 bridgehead atoms. The van der Waals surface area contributed by atoms with Crippen molar-refractivity contribution in [3.63, 3.8) is 0 Å². The first-order valence-electron chi connectivity index (χ1n) is 4.90. The van der Waals surface area contributed by atoms with Crippen LogP contribution >= 0.6 is 0 Å². The molecular formula is C13H11NO2. The molecule has 0 fully saturated rings. The van der Waals surface area contributed by atoms with E-state index in [1.54, 1.807) is 12.1 Å². The number of hydrogen-bond donors (Lipinski definition) is 2. The van der Waals surface area contributed by atoms with Crippen LogP contribution in [0.4, 0.5) is 11.4 Å². The average molecular weight is 213 g/mol. The minimum absolute atomic E-state index is 0.0634. The van der Waals surface area contributed by atoms with Crippen molar-refractivity contribution in [1.29, 1.82) is 0 Å². The van der Waals surface area contributed by atoms with E-state index in [0.29, 0.717) is 17.5 Å². The molecule has 0 spiro atoms. The van der Waals surface area contributed by atoms with Crippen LogP contribution in [0.25, 0.3) is 0 Å². The molecule has 0 saturated carbocycles. The Bertz CT molecular complexity index is 495. The second-order valence-corrected chi connectivity index (χ2v) is 3.39. The lowest BCUT2D eigenvalue weighted by Crippen LogP contribution is -1.91. The van der Waals surface area contributed by atoms with Gasteiger partial charge < -0.3 is 10.4 Å². The topological polar surface area (TPSA) is 49.3 Å². The molecule has 2 rings (SSSR count). The average Bonchev–Trinajstić information content (AvgIpc) is 2.33. The SMILES string of the molecule is O=Cc1ccc(Nc2ccccc2)c(O)c1. The van der Waals surface area contributed by atoms with Crippen LogP contribution < -0.4 is 5.32 Å². The molecule has 0 unspecified atom stereocenters. The predicted octanol–water partition coefficient (Wildman–Crippen LogP) is 2.95. The van der Waals surface area contributed by atoms with Gasteiger partial charge >= 0.3 is 0 Å². The molecule has 0 aliphatic rings. The highest BCUT2D eigenvalue weighted by molar-refractivity contribution is 5.78. The van der Waals surface area contributed by atoms with Crippen molar-refractivity contribution < 1.29 is 9.90 Å². The molecule has 3 nitrogen and oxygen atoms in total. The first-order chi connectivity index (χ1) is 7.79. The zero-order valence-electron chi connectivity index (χ0n) is 8.55. The summed E-state index contributed by atoms with van der Waals surface area (Å²) in [6.45, 7) is 0. The van der Waals surface area contributed by atoms with Gasteiger partial charge in [-0.1, -0.05) is 18.2 Å².